The van der Waals surface area contributed by atoms with Gasteiger partial charge in [-0.2, -0.15) is 0 Å². The van der Waals surface area contributed by atoms with Crippen LogP contribution in [0.25, 0.3) is 0 Å². The number of alkyl halides is 1. The second-order valence-corrected chi connectivity index (χ2v) is 6.08. The number of halogens is 1. The Hall–Kier alpha value is -1.85. The molecule has 1 aromatic heterocycles. The molecule has 0 aromatic carbocycles. The quantitative estimate of drug-likeness (QED) is 0.842. The Morgan fingerprint density at radius 2 is 2.24 bits per heavy atom. The lowest BCUT2D eigenvalue weighted by atomic mass is 10.1. The first kappa shape index (κ1) is 15.5. The summed E-state index contributed by atoms with van der Waals surface area (Å²) in [5, 5.41) is 0. The summed E-state index contributed by atoms with van der Waals surface area (Å²) in [6, 6.07) is 3.47. The third kappa shape index (κ3) is 4.58. The predicted molar refractivity (Wildman–Crippen MR) is 76.0 cm³/mol. The predicted octanol–water partition coefficient (Wildman–Crippen LogP) is 2.81. The van der Waals surface area contributed by atoms with Crippen LogP contribution in [0.3, 0.4) is 0 Å². The lowest BCUT2D eigenvalue weighted by Gasteiger charge is -2.35. The van der Waals surface area contributed by atoms with Gasteiger partial charge in [0.15, 0.2) is 6.17 Å². The molecule has 0 saturated carbocycles. The Morgan fingerprint density at radius 3 is 2.81 bits per heavy atom. The van der Waals surface area contributed by atoms with E-state index < -0.39 is 24.0 Å². The lowest BCUT2D eigenvalue weighted by Crippen LogP contribution is -2.50. The van der Waals surface area contributed by atoms with Gasteiger partial charge in [-0.25, -0.2) is 9.18 Å². The smallest absolute Gasteiger partial charge is 0.410 e. The zero-order valence-corrected chi connectivity index (χ0v) is 12.6. The van der Waals surface area contributed by atoms with Crippen LogP contribution in [0, 0.1) is 0 Å². The molecule has 21 heavy (non-hydrogen) atoms. The van der Waals surface area contributed by atoms with Gasteiger partial charge >= 0.3 is 6.09 Å². The van der Waals surface area contributed by atoms with Crippen molar-refractivity contribution in [1.82, 2.24) is 9.88 Å². The molecule has 0 aliphatic carbocycles. The minimum Gasteiger partial charge on any atom is -0.486 e. The molecule has 1 saturated heterocycles. The van der Waals surface area contributed by atoms with Crippen LogP contribution < -0.4 is 4.74 Å². The van der Waals surface area contributed by atoms with E-state index in [9.17, 15) is 9.18 Å². The fourth-order valence-corrected chi connectivity index (χ4v) is 2.10. The Kier molecular flexibility index (Phi) is 4.65. The molecule has 2 rings (SSSR count). The first-order valence-electron chi connectivity index (χ1n) is 7.04. The van der Waals surface area contributed by atoms with E-state index in [2.05, 4.69) is 4.98 Å². The van der Waals surface area contributed by atoms with Gasteiger partial charge in [0, 0.05) is 19.2 Å². The molecule has 1 aliphatic rings. The van der Waals surface area contributed by atoms with Crippen molar-refractivity contribution in [2.24, 2.45) is 0 Å². The van der Waals surface area contributed by atoms with E-state index in [1.807, 2.05) is 0 Å². The average Bonchev–Trinajstić information content (AvgIpc) is 2.40. The Balaban J connectivity index is 1.89. The van der Waals surface area contributed by atoms with E-state index in [0.717, 1.165) is 0 Å². The molecule has 1 amide bonds. The van der Waals surface area contributed by atoms with Crippen LogP contribution in [-0.2, 0) is 4.74 Å². The van der Waals surface area contributed by atoms with E-state index in [1.54, 1.807) is 45.3 Å². The van der Waals surface area contributed by atoms with Gasteiger partial charge in [-0.3, -0.25) is 4.98 Å². The van der Waals surface area contributed by atoms with Crippen molar-refractivity contribution in [3.63, 3.8) is 0 Å². The third-order valence-electron chi connectivity index (χ3n) is 3.06. The number of nitrogens with zero attached hydrogens (tertiary/aromatic N) is 2. The number of rotatable bonds is 2. The number of aromatic nitrogens is 1. The minimum absolute atomic E-state index is 0.0140. The zero-order valence-electron chi connectivity index (χ0n) is 12.6. The minimum atomic E-state index is -1.24. The van der Waals surface area contributed by atoms with E-state index in [4.69, 9.17) is 9.47 Å². The second kappa shape index (κ2) is 6.28. The van der Waals surface area contributed by atoms with Crippen LogP contribution >= 0.6 is 0 Å². The number of pyridine rings is 1. The molecule has 0 unspecified atom stereocenters. The van der Waals surface area contributed by atoms with Crippen molar-refractivity contribution in [1.29, 1.82) is 0 Å². The molecule has 1 fully saturated rings. The first-order chi connectivity index (χ1) is 9.85. The molecule has 0 spiro atoms. The van der Waals surface area contributed by atoms with Crippen LogP contribution in [0.15, 0.2) is 24.5 Å². The summed E-state index contributed by atoms with van der Waals surface area (Å²) in [6.45, 7) is 5.77. The van der Waals surface area contributed by atoms with E-state index in [1.165, 1.54) is 4.90 Å². The topological polar surface area (TPSA) is 51.7 Å². The number of ether oxygens (including phenoxy) is 2. The number of piperidine rings is 1. The maximum absolute atomic E-state index is 14.2. The van der Waals surface area contributed by atoms with Gasteiger partial charge in [-0.05, 0) is 32.9 Å². The lowest BCUT2D eigenvalue weighted by molar-refractivity contribution is -0.0106. The number of likely N-dealkylation sites (tertiary alicyclic amines) is 1. The molecule has 0 radical (unpaired) electrons. The summed E-state index contributed by atoms with van der Waals surface area (Å²) in [5.41, 5.74) is -0.577. The van der Waals surface area contributed by atoms with Crippen molar-refractivity contribution in [3.05, 3.63) is 24.5 Å². The van der Waals surface area contributed by atoms with Gasteiger partial charge in [0.05, 0.1) is 12.7 Å². The summed E-state index contributed by atoms with van der Waals surface area (Å²) in [7, 11) is 0. The third-order valence-corrected chi connectivity index (χ3v) is 3.06. The van der Waals surface area contributed by atoms with Gasteiger partial charge in [0.25, 0.3) is 0 Å². The van der Waals surface area contributed by atoms with Gasteiger partial charge < -0.3 is 14.4 Å². The highest BCUT2D eigenvalue weighted by Gasteiger charge is 2.34. The average molecular weight is 296 g/mol. The molecular weight excluding hydrogens is 275 g/mol. The molecule has 6 heteroatoms. The molecular formula is C15H21FN2O3. The van der Waals surface area contributed by atoms with Gasteiger partial charge in [-0.15, -0.1) is 0 Å². The van der Waals surface area contributed by atoms with E-state index in [0.29, 0.717) is 18.7 Å². The second-order valence-electron chi connectivity index (χ2n) is 6.08. The fourth-order valence-electron chi connectivity index (χ4n) is 2.10. The largest absolute Gasteiger partial charge is 0.486 e. The Labute approximate surface area is 124 Å². The molecule has 2 atom stereocenters. The molecule has 2 heterocycles. The number of carbonyl (C=O) groups excluding carboxylic acids is 1. The molecule has 5 nitrogen and oxygen atoms in total. The SMILES string of the molecule is CC(C)(C)OC(=O)N1CC[C@H](Oc2cccnc2)[C@H](F)C1. The van der Waals surface area contributed by atoms with Gasteiger partial charge in [-0.1, -0.05) is 0 Å². The number of carbonyl (C=O) groups is 1. The van der Waals surface area contributed by atoms with Crippen LogP contribution in [0.5, 0.6) is 5.75 Å². The summed E-state index contributed by atoms with van der Waals surface area (Å²) < 4.78 is 25.0. The molecule has 0 N–H and O–H groups in total. The summed E-state index contributed by atoms with van der Waals surface area (Å²) in [5.74, 6) is 0.538. The van der Waals surface area contributed by atoms with E-state index in [-0.39, 0.29) is 6.54 Å². The number of amides is 1. The molecule has 0 bridgehead atoms. The normalized spacial score (nSPS) is 22.8. The van der Waals surface area contributed by atoms with E-state index >= 15 is 0 Å². The Morgan fingerprint density at radius 1 is 1.48 bits per heavy atom. The summed E-state index contributed by atoms with van der Waals surface area (Å²) >= 11 is 0. The highest BCUT2D eigenvalue weighted by molar-refractivity contribution is 5.68. The zero-order chi connectivity index (χ0) is 15.5. The van der Waals surface area contributed by atoms with Crippen molar-refractivity contribution < 1.29 is 18.7 Å². The fraction of sp³-hybridized carbons (Fsp3) is 0.600. The number of hydrogen-bond donors (Lipinski definition) is 0. The van der Waals surface area contributed by atoms with Crippen molar-refractivity contribution in [2.45, 2.75) is 45.1 Å². The number of hydrogen-bond acceptors (Lipinski definition) is 4. The molecule has 1 aliphatic heterocycles. The standard InChI is InChI=1S/C15H21FN2O3/c1-15(2,3)21-14(19)18-8-6-13(12(16)10-18)20-11-5-4-7-17-9-11/h4-5,7,9,12-13H,6,8,10H2,1-3H3/t12-,13+/m1/s1. The van der Waals surface area contributed by atoms with Crippen LogP contribution in [0.1, 0.15) is 27.2 Å². The molecule has 116 valence electrons. The maximum atomic E-state index is 14.2. The van der Waals surface area contributed by atoms with Crippen molar-refractivity contribution in [3.8, 4) is 5.75 Å². The first-order valence-corrected chi connectivity index (χ1v) is 7.04. The highest BCUT2D eigenvalue weighted by Crippen LogP contribution is 2.22. The van der Waals surface area contributed by atoms with Crippen molar-refractivity contribution >= 4 is 6.09 Å². The molecule has 1 aromatic rings. The van der Waals surface area contributed by atoms with Crippen molar-refractivity contribution in [2.75, 3.05) is 13.1 Å². The van der Waals surface area contributed by atoms with Crippen LogP contribution in [0.4, 0.5) is 9.18 Å². The van der Waals surface area contributed by atoms with Gasteiger partial charge in [0.1, 0.15) is 17.5 Å². The monoisotopic (exact) mass is 296 g/mol. The summed E-state index contributed by atoms with van der Waals surface area (Å²) in [6.07, 6.45) is 1.32. The Bertz CT molecular complexity index is 476. The summed E-state index contributed by atoms with van der Waals surface area (Å²) in [4.78, 5) is 17.2. The van der Waals surface area contributed by atoms with Crippen LogP contribution in [-0.4, -0.2) is 46.9 Å². The van der Waals surface area contributed by atoms with Crippen LogP contribution in [0.2, 0.25) is 0 Å². The van der Waals surface area contributed by atoms with Gasteiger partial charge in [0.2, 0.25) is 0 Å². The highest BCUT2D eigenvalue weighted by atomic mass is 19.1. The maximum Gasteiger partial charge on any atom is 0.410 e.